The number of carbonyl (C=O) groups excluding carboxylic acids is 1. The third kappa shape index (κ3) is 3.03. The van der Waals surface area contributed by atoms with E-state index in [2.05, 4.69) is 22.9 Å². The van der Waals surface area contributed by atoms with E-state index in [1.165, 1.54) is 0 Å². The maximum absolute atomic E-state index is 13.3. The Morgan fingerprint density at radius 3 is 2.41 bits per heavy atom. The van der Waals surface area contributed by atoms with E-state index in [1.807, 2.05) is 0 Å². The standard InChI is InChI=1S/C21H30BrF3O2/c1-19-8-6-14-13-7-9-20(27,21(23,24)25)10-12(13)2-3-15(14)16(19)4-5-17(19)18(26)11-22/h12-17,27H,2-11H2,1H3/t12-,13+,14-,15-,16+,17-,19+,20-/m1/s1. The van der Waals surface area contributed by atoms with Gasteiger partial charge in [0.05, 0.1) is 5.33 Å². The third-order valence-corrected chi connectivity index (χ3v) is 9.61. The van der Waals surface area contributed by atoms with Crippen molar-refractivity contribution in [1.82, 2.24) is 0 Å². The van der Waals surface area contributed by atoms with Crippen LogP contribution in [0.5, 0.6) is 0 Å². The number of alkyl halides is 4. The van der Waals surface area contributed by atoms with Gasteiger partial charge in [0.15, 0.2) is 5.60 Å². The molecule has 6 heteroatoms. The van der Waals surface area contributed by atoms with E-state index in [1.54, 1.807) is 0 Å². The lowest BCUT2D eigenvalue weighted by atomic mass is 9.49. The van der Waals surface area contributed by atoms with E-state index in [-0.39, 0.29) is 30.1 Å². The summed E-state index contributed by atoms with van der Waals surface area (Å²) in [6.07, 6.45) is 1.60. The van der Waals surface area contributed by atoms with Crippen molar-refractivity contribution in [2.45, 2.75) is 76.5 Å². The van der Waals surface area contributed by atoms with Gasteiger partial charge in [-0.3, -0.25) is 4.79 Å². The molecule has 0 saturated heterocycles. The number of hydrogen-bond acceptors (Lipinski definition) is 2. The molecule has 0 aromatic rings. The van der Waals surface area contributed by atoms with Crippen LogP contribution in [0.15, 0.2) is 0 Å². The van der Waals surface area contributed by atoms with Gasteiger partial charge in [-0.25, -0.2) is 0 Å². The molecule has 0 heterocycles. The number of Topliss-reactive ketones (excluding diaryl/α,β-unsaturated/α-hetero) is 1. The summed E-state index contributed by atoms with van der Waals surface area (Å²) in [6.45, 7) is 2.29. The molecule has 27 heavy (non-hydrogen) atoms. The number of fused-ring (bicyclic) bond motifs is 5. The summed E-state index contributed by atoms with van der Waals surface area (Å²) in [4.78, 5) is 12.4. The van der Waals surface area contributed by atoms with Gasteiger partial charge < -0.3 is 5.11 Å². The average Bonchev–Trinajstić information content (AvgIpc) is 2.97. The Morgan fingerprint density at radius 2 is 1.74 bits per heavy atom. The van der Waals surface area contributed by atoms with Crippen LogP contribution in [0, 0.1) is 40.9 Å². The summed E-state index contributed by atoms with van der Waals surface area (Å²) in [5.41, 5.74) is -2.41. The van der Waals surface area contributed by atoms with Crippen molar-refractivity contribution in [3.8, 4) is 0 Å². The van der Waals surface area contributed by atoms with Crippen molar-refractivity contribution < 1.29 is 23.1 Å². The molecular formula is C21H30BrF3O2. The Labute approximate surface area is 167 Å². The molecule has 0 bridgehead atoms. The first-order valence-electron chi connectivity index (χ1n) is 10.5. The number of carbonyl (C=O) groups is 1. The molecule has 4 aliphatic carbocycles. The molecule has 0 aromatic heterocycles. The van der Waals surface area contributed by atoms with E-state index in [9.17, 15) is 23.1 Å². The SMILES string of the molecule is C[C@]12CC[C@H]3[C@@H](CC[C@@H]4C[C@@](O)(C(F)(F)F)CC[C@@H]43)[C@@H]1CC[C@@H]2C(=O)CBr. The minimum absolute atomic E-state index is 0.00245. The van der Waals surface area contributed by atoms with Crippen LogP contribution in [-0.2, 0) is 4.79 Å². The Kier molecular flexibility index (Phi) is 5.02. The minimum Gasteiger partial charge on any atom is -0.380 e. The van der Waals surface area contributed by atoms with Crippen molar-refractivity contribution in [2.75, 3.05) is 5.33 Å². The highest BCUT2D eigenvalue weighted by Crippen LogP contribution is 2.65. The zero-order chi connectivity index (χ0) is 19.6. The Morgan fingerprint density at radius 1 is 1.04 bits per heavy atom. The van der Waals surface area contributed by atoms with Crippen molar-refractivity contribution in [3.05, 3.63) is 0 Å². The molecule has 0 unspecified atom stereocenters. The smallest absolute Gasteiger partial charge is 0.380 e. The van der Waals surface area contributed by atoms with Crippen molar-refractivity contribution >= 4 is 21.7 Å². The molecule has 4 saturated carbocycles. The molecule has 0 radical (unpaired) electrons. The maximum Gasteiger partial charge on any atom is 0.417 e. The van der Waals surface area contributed by atoms with Crippen LogP contribution in [0.2, 0.25) is 0 Å². The first-order chi connectivity index (χ1) is 12.6. The quantitative estimate of drug-likeness (QED) is 0.562. The van der Waals surface area contributed by atoms with Gasteiger partial charge in [-0.05, 0) is 92.8 Å². The van der Waals surface area contributed by atoms with Gasteiger partial charge in [0.25, 0.3) is 0 Å². The predicted molar refractivity (Wildman–Crippen MR) is 100 cm³/mol. The van der Waals surface area contributed by atoms with Gasteiger partial charge in [-0.1, -0.05) is 22.9 Å². The maximum atomic E-state index is 13.3. The summed E-state index contributed by atoms with van der Waals surface area (Å²) < 4.78 is 39.9. The highest BCUT2D eigenvalue weighted by atomic mass is 79.9. The van der Waals surface area contributed by atoms with Gasteiger partial charge in [0, 0.05) is 5.92 Å². The molecule has 0 spiro atoms. The first kappa shape index (κ1) is 20.2. The highest BCUT2D eigenvalue weighted by molar-refractivity contribution is 9.09. The fourth-order valence-electron chi connectivity index (χ4n) is 7.76. The fraction of sp³-hybridized carbons (Fsp3) is 0.952. The van der Waals surface area contributed by atoms with Gasteiger partial charge in [0.1, 0.15) is 5.78 Å². The number of halogens is 4. The lowest BCUT2D eigenvalue weighted by Gasteiger charge is -2.57. The number of rotatable bonds is 2. The molecule has 2 nitrogen and oxygen atoms in total. The van der Waals surface area contributed by atoms with Crippen LogP contribution < -0.4 is 0 Å². The molecule has 0 aromatic carbocycles. The second-order valence-electron chi connectivity index (χ2n) is 9.98. The molecule has 1 N–H and O–H groups in total. The van der Waals surface area contributed by atoms with Crippen molar-refractivity contribution in [3.63, 3.8) is 0 Å². The summed E-state index contributed by atoms with van der Waals surface area (Å²) in [6, 6.07) is 0. The van der Waals surface area contributed by atoms with Crippen LogP contribution >= 0.6 is 15.9 Å². The zero-order valence-corrected chi connectivity index (χ0v) is 17.5. The second-order valence-corrected chi connectivity index (χ2v) is 10.5. The number of hydrogen-bond donors (Lipinski definition) is 1. The van der Waals surface area contributed by atoms with Crippen molar-refractivity contribution in [2.24, 2.45) is 40.9 Å². The molecule has 154 valence electrons. The van der Waals surface area contributed by atoms with Crippen LogP contribution in [0.4, 0.5) is 13.2 Å². The molecule has 4 aliphatic rings. The lowest BCUT2D eigenvalue weighted by Crippen LogP contribution is -2.55. The molecule has 4 fully saturated rings. The monoisotopic (exact) mass is 450 g/mol. The average molecular weight is 451 g/mol. The van der Waals surface area contributed by atoms with Crippen LogP contribution in [-0.4, -0.2) is 28.0 Å². The Balaban J connectivity index is 1.52. The fourth-order valence-corrected chi connectivity index (χ4v) is 8.15. The largest absolute Gasteiger partial charge is 0.417 e. The molecule has 8 atom stereocenters. The lowest BCUT2D eigenvalue weighted by molar-refractivity contribution is -0.282. The Bertz CT molecular complexity index is 609. The van der Waals surface area contributed by atoms with E-state index in [0.717, 1.165) is 38.5 Å². The van der Waals surface area contributed by atoms with Gasteiger partial charge in [0.2, 0.25) is 0 Å². The molecule has 0 aliphatic heterocycles. The third-order valence-electron chi connectivity index (χ3n) is 9.06. The summed E-state index contributed by atoms with van der Waals surface area (Å²) >= 11 is 3.34. The molecular weight excluding hydrogens is 421 g/mol. The molecule has 0 amide bonds. The topological polar surface area (TPSA) is 37.3 Å². The highest BCUT2D eigenvalue weighted by Gasteiger charge is 2.62. The van der Waals surface area contributed by atoms with Crippen LogP contribution in [0.3, 0.4) is 0 Å². The summed E-state index contributed by atoms with van der Waals surface area (Å²) in [5.74, 6) is 2.35. The minimum atomic E-state index is -4.52. The van der Waals surface area contributed by atoms with Gasteiger partial charge in [-0.2, -0.15) is 13.2 Å². The number of ketones is 1. The van der Waals surface area contributed by atoms with Gasteiger partial charge in [-0.15, -0.1) is 0 Å². The summed E-state index contributed by atoms with van der Waals surface area (Å²) in [5, 5.41) is 10.6. The summed E-state index contributed by atoms with van der Waals surface area (Å²) in [7, 11) is 0. The number of aliphatic hydroxyl groups is 1. The Hall–Kier alpha value is -0.100. The predicted octanol–water partition coefficient (Wildman–Crippen LogP) is 5.51. The first-order valence-corrected chi connectivity index (χ1v) is 11.6. The van der Waals surface area contributed by atoms with Crippen molar-refractivity contribution in [1.29, 1.82) is 0 Å². The second kappa shape index (κ2) is 6.72. The van der Waals surface area contributed by atoms with E-state index in [4.69, 9.17) is 0 Å². The van der Waals surface area contributed by atoms with Gasteiger partial charge >= 0.3 is 6.18 Å². The molecule has 4 rings (SSSR count). The normalized spacial score (nSPS) is 49.9. The van der Waals surface area contributed by atoms with E-state index >= 15 is 0 Å². The van der Waals surface area contributed by atoms with Crippen LogP contribution in [0.1, 0.15) is 64.7 Å². The van der Waals surface area contributed by atoms with E-state index < -0.39 is 11.8 Å². The zero-order valence-electron chi connectivity index (χ0n) is 15.9. The van der Waals surface area contributed by atoms with E-state index in [0.29, 0.717) is 41.2 Å². The van der Waals surface area contributed by atoms with Crippen LogP contribution in [0.25, 0.3) is 0 Å².